The summed E-state index contributed by atoms with van der Waals surface area (Å²) in [5, 5.41) is 14.3. The molecule has 0 saturated carbocycles. The quantitative estimate of drug-likeness (QED) is 0.146. The number of aliphatic hydroxyl groups excluding tert-OH is 1. The van der Waals surface area contributed by atoms with Crippen LogP contribution in [0.4, 0.5) is 14.6 Å². The molecule has 3 heterocycles. The number of nitrogens with one attached hydrogen (secondary N) is 2. The minimum atomic E-state index is -1.05. The molecule has 0 fully saturated rings. The van der Waals surface area contributed by atoms with Crippen molar-refractivity contribution < 1.29 is 23.1 Å². The van der Waals surface area contributed by atoms with Crippen molar-refractivity contribution in [3.63, 3.8) is 0 Å². The summed E-state index contributed by atoms with van der Waals surface area (Å²) in [5.41, 5.74) is 2.69. The average Bonchev–Trinajstić information content (AvgIpc) is 3.69. The number of pyridine rings is 1. The van der Waals surface area contributed by atoms with Gasteiger partial charge in [0.15, 0.2) is 0 Å². The summed E-state index contributed by atoms with van der Waals surface area (Å²) in [6, 6.07) is 13.2. The van der Waals surface area contributed by atoms with Gasteiger partial charge < -0.3 is 24.7 Å². The Hall–Kier alpha value is -4.64. The fourth-order valence-electron chi connectivity index (χ4n) is 5.28. The summed E-state index contributed by atoms with van der Waals surface area (Å²) < 4.78 is 33.6. The average molecular weight is 603 g/mol. The number of hydrogen-bond donors (Lipinski definition) is 3. The Morgan fingerprint density at radius 2 is 1.80 bits per heavy atom. The van der Waals surface area contributed by atoms with Gasteiger partial charge in [0, 0.05) is 31.1 Å². The van der Waals surface area contributed by atoms with Crippen molar-refractivity contribution in [1.82, 2.24) is 25.3 Å². The Bertz CT molecular complexity index is 1630. The minimum Gasteiger partial charge on any atom is -0.443 e. The van der Waals surface area contributed by atoms with Crippen molar-refractivity contribution in [3.05, 3.63) is 95.6 Å². The number of anilines is 1. The molecule has 0 saturated heterocycles. The smallest absolute Gasteiger partial charge is 0.251 e. The van der Waals surface area contributed by atoms with Gasteiger partial charge in [-0.25, -0.2) is 23.7 Å². The predicted molar refractivity (Wildman–Crippen MR) is 164 cm³/mol. The van der Waals surface area contributed by atoms with Gasteiger partial charge in [0.25, 0.3) is 5.91 Å². The van der Waals surface area contributed by atoms with Crippen LogP contribution in [0.3, 0.4) is 0 Å². The molecule has 0 aliphatic rings. The fourth-order valence-corrected chi connectivity index (χ4v) is 5.28. The molecule has 0 bridgehead atoms. The molecule has 0 radical (unpaired) electrons. The lowest BCUT2D eigenvalue weighted by atomic mass is 9.97. The van der Waals surface area contributed by atoms with E-state index in [4.69, 9.17) is 9.40 Å². The number of rotatable bonds is 14. The lowest BCUT2D eigenvalue weighted by molar-refractivity contribution is 0.0814. The zero-order valence-electron chi connectivity index (χ0n) is 24.8. The normalized spacial score (nSPS) is 12.8. The number of para-hydroxylation sites is 2. The van der Waals surface area contributed by atoms with E-state index in [2.05, 4.69) is 39.0 Å². The minimum absolute atomic E-state index is 0.00402. The van der Waals surface area contributed by atoms with E-state index in [0.717, 1.165) is 43.0 Å². The highest BCUT2D eigenvalue weighted by Crippen LogP contribution is 2.24. The lowest BCUT2D eigenvalue weighted by Gasteiger charge is -2.26. The molecule has 230 valence electrons. The van der Waals surface area contributed by atoms with Crippen molar-refractivity contribution >= 4 is 22.8 Å². The molecule has 44 heavy (non-hydrogen) atoms. The van der Waals surface area contributed by atoms with Gasteiger partial charge in [-0.2, -0.15) is 0 Å². The first kappa shape index (κ1) is 30.8. The van der Waals surface area contributed by atoms with Gasteiger partial charge in [0.2, 0.25) is 5.89 Å². The summed E-state index contributed by atoms with van der Waals surface area (Å²) >= 11 is 0. The zero-order chi connectivity index (χ0) is 31.1. The monoisotopic (exact) mass is 602 g/mol. The van der Waals surface area contributed by atoms with Crippen LogP contribution in [0.5, 0.6) is 0 Å². The number of aromatic nitrogens is 4. The molecule has 2 aromatic carbocycles. The van der Waals surface area contributed by atoms with Crippen molar-refractivity contribution in [2.75, 3.05) is 18.0 Å². The molecule has 5 rings (SSSR count). The highest BCUT2D eigenvalue weighted by atomic mass is 19.1. The first-order valence-electron chi connectivity index (χ1n) is 14.9. The summed E-state index contributed by atoms with van der Waals surface area (Å²) in [6.45, 7) is 5.62. The second-order valence-corrected chi connectivity index (χ2v) is 10.8. The summed E-state index contributed by atoms with van der Waals surface area (Å²) in [5.74, 6) is -0.381. The van der Waals surface area contributed by atoms with Crippen molar-refractivity contribution in [3.8, 4) is 11.6 Å². The van der Waals surface area contributed by atoms with Gasteiger partial charge in [0.1, 0.15) is 35.2 Å². The molecule has 2 unspecified atom stereocenters. The zero-order valence-corrected chi connectivity index (χ0v) is 24.8. The summed E-state index contributed by atoms with van der Waals surface area (Å²) in [6.07, 6.45) is 4.30. The number of carbonyl (C=O) groups is 1. The van der Waals surface area contributed by atoms with Crippen LogP contribution in [-0.4, -0.2) is 56.2 Å². The first-order valence-corrected chi connectivity index (χ1v) is 14.9. The van der Waals surface area contributed by atoms with Gasteiger partial charge in [-0.05, 0) is 67.6 Å². The number of H-pyrrole nitrogens is 1. The number of hydrogen-bond acceptors (Lipinski definition) is 7. The molecular weight excluding hydrogens is 566 g/mol. The van der Waals surface area contributed by atoms with Gasteiger partial charge in [-0.15, -0.1) is 0 Å². The van der Waals surface area contributed by atoms with E-state index in [1.165, 1.54) is 24.6 Å². The molecule has 2 atom stereocenters. The highest BCUT2D eigenvalue weighted by molar-refractivity contribution is 5.96. The fraction of sp³-hybridized carbons (Fsp3) is 0.333. The Kier molecular flexibility index (Phi) is 9.96. The summed E-state index contributed by atoms with van der Waals surface area (Å²) in [7, 11) is 0. The molecular formula is C33H36F2N6O3. The van der Waals surface area contributed by atoms with Crippen LogP contribution >= 0.6 is 0 Å². The molecule has 0 aliphatic carbocycles. The van der Waals surface area contributed by atoms with Gasteiger partial charge in [-0.3, -0.25) is 4.79 Å². The number of aryl methyl sites for hydroxylation is 1. The number of fused-ring (bicyclic) bond motifs is 1. The van der Waals surface area contributed by atoms with Gasteiger partial charge >= 0.3 is 0 Å². The third kappa shape index (κ3) is 7.65. The van der Waals surface area contributed by atoms with Gasteiger partial charge in [0.05, 0.1) is 29.4 Å². The van der Waals surface area contributed by atoms with Crippen LogP contribution in [0, 0.1) is 11.6 Å². The Morgan fingerprint density at radius 1 is 1.05 bits per heavy atom. The maximum atomic E-state index is 14.1. The largest absolute Gasteiger partial charge is 0.443 e. The van der Waals surface area contributed by atoms with Gasteiger partial charge in [-0.1, -0.05) is 26.0 Å². The standard InChI is InChI=1S/C33H36F2N6O3/c1-3-12-41(13-4-2)31-19-22(18-28(39-31)33-36-11-14-44-33)32(43)40-27(17-21-15-23(34)20-24(35)16-21)29(42)9-10-30-37-25-7-5-6-8-26(25)38-30/h5-8,11,14-16,18-20,27,29,42H,3-4,9-10,12-13,17H2,1-2H3,(H,37,38)(H,40,43). The van der Waals surface area contributed by atoms with Crippen LogP contribution in [0.2, 0.25) is 0 Å². The number of imidazole rings is 1. The Balaban J connectivity index is 1.42. The molecule has 11 heteroatoms. The molecule has 3 N–H and O–H groups in total. The van der Waals surface area contributed by atoms with E-state index in [1.807, 2.05) is 24.3 Å². The maximum absolute atomic E-state index is 14.1. The molecule has 5 aromatic rings. The van der Waals surface area contributed by atoms with Crippen molar-refractivity contribution in [1.29, 1.82) is 0 Å². The maximum Gasteiger partial charge on any atom is 0.251 e. The molecule has 0 aliphatic heterocycles. The molecule has 3 aromatic heterocycles. The number of nitrogens with zero attached hydrogens (tertiary/aromatic N) is 4. The van der Waals surface area contributed by atoms with Crippen LogP contribution in [0.1, 0.15) is 54.9 Å². The number of benzene rings is 2. The van der Waals surface area contributed by atoms with E-state index < -0.39 is 29.7 Å². The van der Waals surface area contributed by atoms with Crippen LogP contribution < -0.4 is 10.2 Å². The van der Waals surface area contributed by atoms with E-state index in [1.54, 1.807) is 12.1 Å². The number of halogens is 2. The van der Waals surface area contributed by atoms with Crippen LogP contribution in [0.15, 0.2) is 71.5 Å². The number of aromatic amines is 1. The van der Waals surface area contributed by atoms with Crippen molar-refractivity contribution in [2.45, 2.75) is 58.1 Å². The SMILES string of the molecule is CCCN(CCC)c1cc(C(=O)NC(Cc2cc(F)cc(F)c2)C(O)CCc2nc3ccccc3[nH]2)cc(-c2ncco2)n1. The number of oxazole rings is 1. The number of amides is 1. The van der Waals surface area contributed by atoms with Crippen molar-refractivity contribution in [2.24, 2.45) is 0 Å². The second kappa shape index (κ2) is 14.2. The Labute approximate surface area is 254 Å². The Morgan fingerprint density at radius 3 is 2.48 bits per heavy atom. The van der Waals surface area contributed by atoms with Crippen LogP contribution in [-0.2, 0) is 12.8 Å². The lowest BCUT2D eigenvalue weighted by Crippen LogP contribution is -2.45. The van der Waals surface area contributed by atoms with E-state index in [-0.39, 0.29) is 18.7 Å². The third-order valence-electron chi connectivity index (χ3n) is 7.31. The van der Waals surface area contributed by atoms with E-state index in [9.17, 15) is 18.7 Å². The molecule has 9 nitrogen and oxygen atoms in total. The second-order valence-electron chi connectivity index (χ2n) is 10.8. The number of carbonyl (C=O) groups excluding carboxylic acids is 1. The number of aliphatic hydroxyl groups is 1. The van der Waals surface area contributed by atoms with E-state index >= 15 is 0 Å². The van der Waals surface area contributed by atoms with E-state index in [0.29, 0.717) is 34.9 Å². The predicted octanol–water partition coefficient (Wildman–Crippen LogP) is 5.85. The van der Waals surface area contributed by atoms with Crippen LogP contribution in [0.25, 0.3) is 22.6 Å². The third-order valence-corrected chi connectivity index (χ3v) is 7.31. The first-order chi connectivity index (χ1) is 21.3. The summed E-state index contributed by atoms with van der Waals surface area (Å²) in [4.78, 5) is 32.6. The molecule has 1 amide bonds. The highest BCUT2D eigenvalue weighted by Gasteiger charge is 2.25. The topological polar surface area (TPSA) is 120 Å². The molecule has 0 spiro atoms.